The maximum Gasteiger partial charge on any atom is 0.0502 e. The van der Waals surface area contributed by atoms with E-state index in [9.17, 15) is 0 Å². The molecule has 1 aliphatic heterocycles. The molecule has 25 heavy (non-hydrogen) atoms. The molecule has 0 spiro atoms. The molecule has 0 saturated heterocycles. The van der Waals surface area contributed by atoms with Crippen molar-refractivity contribution in [3.8, 4) is 0 Å². The van der Waals surface area contributed by atoms with Gasteiger partial charge in [0.25, 0.3) is 0 Å². The van der Waals surface area contributed by atoms with E-state index in [0.29, 0.717) is 0 Å². The molecule has 0 bridgehead atoms. The van der Waals surface area contributed by atoms with Crippen molar-refractivity contribution in [3.05, 3.63) is 102 Å². The molecule has 130 valence electrons. The summed E-state index contributed by atoms with van der Waals surface area (Å²) in [6, 6.07) is 8.56. The van der Waals surface area contributed by atoms with Crippen LogP contribution in [0.1, 0.15) is 39.7 Å². The van der Waals surface area contributed by atoms with Crippen LogP contribution >= 0.6 is 0 Å². The van der Waals surface area contributed by atoms with Crippen molar-refractivity contribution in [3.63, 3.8) is 0 Å². The first-order valence-corrected chi connectivity index (χ1v) is 8.83. The lowest BCUT2D eigenvalue weighted by molar-refractivity contribution is 0.619. The zero-order valence-electron chi connectivity index (χ0n) is 16.0. The van der Waals surface area contributed by atoms with Crippen LogP contribution in [0.25, 0.3) is 0 Å². The van der Waals surface area contributed by atoms with E-state index in [1.807, 2.05) is 12.2 Å². The Kier molecular flexibility index (Phi) is 5.69. The fourth-order valence-electron chi connectivity index (χ4n) is 3.37. The maximum atomic E-state index is 4.08. The van der Waals surface area contributed by atoms with Gasteiger partial charge in [-0.15, -0.1) is 0 Å². The highest BCUT2D eigenvalue weighted by Gasteiger charge is 2.36. The Morgan fingerprint density at radius 2 is 1.80 bits per heavy atom. The topological polar surface area (TPSA) is 3.24 Å². The molecule has 0 N–H and O–H groups in total. The number of fused-ring (bicyclic) bond motifs is 1. The Morgan fingerprint density at radius 1 is 1.12 bits per heavy atom. The molecule has 0 unspecified atom stereocenters. The molecular formula is C24H29N. The molecule has 0 saturated carbocycles. The fourth-order valence-corrected chi connectivity index (χ4v) is 3.37. The van der Waals surface area contributed by atoms with Crippen LogP contribution < -0.4 is 4.90 Å². The standard InChI is InChI=1S/C24H29N/c1-8-18(5)16-17-19(9-2)25-22(11-4)20(10-3)24(6,7)21-14-12-13-15-23(21)25/h9-17H,3-5,8H2,1-2,6-7H3/b17-16-,19-9+. The van der Waals surface area contributed by atoms with Crippen LogP contribution in [-0.2, 0) is 5.41 Å². The summed E-state index contributed by atoms with van der Waals surface area (Å²) in [6.45, 7) is 20.9. The summed E-state index contributed by atoms with van der Waals surface area (Å²) in [5.74, 6) is 0. The molecule has 0 aromatic heterocycles. The third kappa shape index (κ3) is 3.32. The van der Waals surface area contributed by atoms with Gasteiger partial charge in [-0.25, -0.2) is 0 Å². The summed E-state index contributed by atoms with van der Waals surface area (Å²) < 4.78 is 0. The van der Waals surface area contributed by atoms with E-state index in [4.69, 9.17) is 0 Å². The zero-order valence-corrected chi connectivity index (χ0v) is 16.0. The Bertz CT molecular complexity index is 784. The number of nitrogens with zero attached hydrogens (tertiary/aromatic N) is 1. The third-order valence-electron chi connectivity index (χ3n) is 4.90. The molecule has 1 aromatic rings. The van der Waals surface area contributed by atoms with Crippen molar-refractivity contribution in [1.29, 1.82) is 0 Å². The van der Waals surface area contributed by atoms with Gasteiger partial charge in [-0.3, -0.25) is 0 Å². The quantitative estimate of drug-likeness (QED) is 0.516. The Labute approximate surface area is 153 Å². The van der Waals surface area contributed by atoms with Crippen LogP contribution in [-0.4, -0.2) is 0 Å². The van der Waals surface area contributed by atoms with E-state index in [1.54, 1.807) is 0 Å². The first-order chi connectivity index (χ1) is 11.9. The predicted octanol–water partition coefficient (Wildman–Crippen LogP) is 6.84. The molecule has 0 fully saturated rings. The number of allylic oxidation sites excluding steroid dienone is 7. The fraction of sp³-hybridized carbons (Fsp3) is 0.250. The monoisotopic (exact) mass is 331 g/mol. The first-order valence-electron chi connectivity index (χ1n) is 8.83. The Hall–Kier alpha value is -2.54. The number of benzene rings is 1. The van der Waals surface area contributed by atoms with Crippen molar-refractivity contribution in [2.45, 2.75) is 39.5 Å². The van der Waals surface area contributed by atoms with Crippen molar-refractivity contribution < 1.29 is 0 Å². The van der Waals surface area contributed by atoms with E-state index < -0.39 is 0 Å². The zero-order chi connectivity index (χ0) is 18.6. The van der Waals surface area contributed by atoms with Crippen LogP contribution in [0.2, 0.25) is 0 Å². The molecule has 0 radical (unpaired) electrons. The lowest BCUT2D eigenvalue weighted by atomic mass is 9.73. The highest BCUT2D eigenvalue weighted by molar-refractivity contribution is 5.74. The summed E-state index contributed by atoms with van der Waals surface area (Å²) >= 11 is 0. The molecule has 1 nitrogen and oxygen atoms in total. The van der Waals surface area contributed by atoms with Gasteiger partial charge in [-0.2, -0.15) is 0 Å². The van der Waals surface area contributed by atoms with E-state index in [0.717, 1.165) is 23.4 Å². The van der Waals surface area contributed by atoms with Crippen LogP contribution in [0.5, 0.6) is 0 Å². The normalized spacial score (nSPS) is 16.8. The predicted molar refractivity (Wildman–Crippen MR) is 112 cm³/mol. The molecule has 1 aromatic carbocycles. The lowest BCUT2D eigenvalue weighted by Crippen LogP contribution is -2.35. The van der Waals surface area contributed by atoms with E-state index >= 15 is 0 Å². The molecule has 2 rings (SSSR count). The molecule has 1 heteroatoms. The number of anilines is 1. The van der Waals surface area contributed by atoms with Crippen LogP contribution in [0.3, 0.4) is 0 Å². The second-order valence-electron chi connectivity index (χ2n) is 6.74. The SMILES string of the molecule is C=CC1=C(C=C)C(C)(C)c2ccccc2N1C(/C=C\C(=C)CC)=C/C. The molecule has 0 amide bonds. The number of hydrogen-bond donors (Lipinski definition) is 0. The third-order valence-corrected chi connectivity index (χ3v) is 4.90. The molecule has 1 heterocycles. The van der Waals surface area contributed by atoms with Crippen molar-refractivity contribution in [1.82, 2.24) is 0 Å². The smallest absolute Gasteiger partial charge is 0.0502 e. The second-order valence-corrected chi connectivity index (χ2v) is 6.74. The van der Waals surface area contributed by atoms with E-state index in [1.165, 1.54) is 16.8 Å². The van der Waals surface area contributed by atoms with Crippen LogP contribution in [0.4, 0.5) is 5.69 Å². The van der Waals surface area contributed by atoms with E-state index in [-0.39, 0.29) is 5.41 Å². The van der Waals surface area contributed by atoms with Gasteiger partial charge in [0.15, 0.2) is 0 Å². The van der Waals surface area contributed by atoms with Gasteiger partial charge in [0, 0.05) is 16.8 Å². The van der Waals surface area contributed by atoms with Crippen molar-refractivity contribution >= 4 is 5.69 Å². The minimum Gasteiger partial charge on any atom is -0.310 e. The summed E-state index contributed by atoms with van der Waals surface area (Å²) in [5, 5.41) is 0. The number of para-hydroxylation sites is 1. The Morgan fingerprint density at radius 3 is 2.36 bits per heavy atom. The van der Waals surface area contributed by atoms with Gasteiger partial charge >= 0.3 is 0 Å². The van der Waals surface area contributed by atoms with Gasteiger partial charge in [-0.05, 0) is 42.7 Å². The summed E-state index contributed by atoms with van der Waals surface area (Å²) in [7, 11) is 0. The van der Waals surface area contributed by atoms with Gasteiger partial charge in [-0.1, -0.05) is 82.5 Å². The number of rotatable bonds is 6. The molecular weight excluding hydrogens is 302 g/mol. The van der Waals surface area contributed by atoms with Crippen LogP contribution in [0.15, 0.2) is 96.9 Å². The second kappa shape index (κ2) is 7.57. The first kappa shape index (κ1) is 18.8. The molecule has 1 aliphatic rings. The number of hydrogen-bond acceptors (Lipinski definition) is 1. The van der Waals surface area contributed by atoms with Gasteiger partial charge in [0.05, 0.1) is 5.69 Å². The highest BCUT2D eigenvalue weighted by Crippen LogP contribution is 2.47. The summed E-state index contributed by atoms with van der Waals surface area (Å²) in [5.41, 5.74) is 6.84. The Balaban J connectivity index is 2.73. The summed E-state index contributed by atoms with van der Waals surface area (Å²) in [6.07, 6.45) is 11.2. The molecule has 0 atom stereocenters. The van der Waals surface area contributed by atoms with Crippen molar-refractivity contribution in [2.24, 2.45) is 0 Å². The van der Waals surface area contributed by atoms with E-state index in [2.05, 4.69) is 94.8 Å². The van der Waals surface area contributed by atoms with Gasteiger partial charge in [0.2, 0.25) is 0 Å². The van der Waals surface area contributed by atoms with Gasteiger partial charge in [0.1, 0.15) is 0 Å². The average molecular weight is 332 g/mol. The minimum absolute atomic E-state index is 0.117. The highest BCUT2D eigenvalue weighted by atomic mass is 15.2. The average Bonchev–Trinajstić information content (AvgIpc) is 2.62. The summed E-state index contributed by atoms with van der Waals surface area (Å²) in [4.78, 5) is 2.27. The lowest BCUT2D eigenvalue weighted by Gasteiger charge is -2.42. The molecule has 0 aliphatic carbocycles. The van der Waals surface area contributed by atoms with Crippen LogP contribution in [0, 0.1) is 0 Å². The van der Waals surface area contributed by atoms with Crippen molar-refractivity contribution in [2.75, 3.05) is 4.90 Å². The van der Waals surface area contributed by atoms with Gasteiger partial charge < -0.3 is 4.90 Å². The maximum absolute atomic E-state index is 4.08. The largest absolute Gasteiger partial charge is 0.310 e. The minimum atomic E-state index is -0.117.